The molecule has 7 heteroatoms. The highest BCUT2D eigenvalue weighted by atomic mass is 32.2. The summed E-state index contributed by atoms with van der Waals surface area (Å²) >= 11 is 0. The Labute approximate surface area is 122 Å². The summed E-state index contributed by atoms with van der Waals surface area (Å²) in [6.45, 7) is 2.15. The monoisotopic (exact) mass is 306 g/mol. The average Bonchev–Trinajstić information content (AvgIpc) is 2.85. The Bertz CT molecular complexity index is 727. The summed E-state index contributed by atoms with van der Waals surface area (Å²) in [6, 6.07) is 8.17. The lowest BCUT2D eigenvalue weighted by Crippen LogP contribution is -2.30. The molecule has 1 heterocycles. The first kappa shape index (κ1) is 15.1. The SMILES string of the molecule is Cc1ccc(S(=O)(=O)CC(=O)NC2=C(C#N)CCO2)cc1. The first-order valence-electron chi connectivity index (χ1n) is 6.28. The first-order valence-corrected chi connectivity index (χ1v) is 7.93. The maximum absolute atomic E-state index is 12.1. The third-order valence-electron chi connectivity index (χ3n) is 2.96. The van der Waals surface area contributed by atoms with Crippen molar-refractivity contribution in [2.75, 3.05) is 12.4 Å². The van der Waals surface area contributed by atoms with Crippen molar-refractivity contribution in [3.05, 3.63) is 41.3 Å². The number of benzene rings is 1. The molecular formula is C14H14N2O4S. The van der Waals surface area contributed by atoms with Crippen LogP contribution in [0.15, 0.2) is 40.6 Å². The Morgan fingerprint density at radius 3 is 2.67 bits per heavy atom. The van der Waals surface area contributed by atoms with Crippen LogP contribution in [-0.4, -0.2) is 26.7 Å². The van der Waals surface area contributed by atoms with Crippen LogP contribution in [0.25, 0.3) is 0 Å². The molecule has 0 bridgehead atoms. The fourth-order valence-electron chi connectivity index (χ4n) is 1.84. The predicted molar refractivity (Wildman–Crippen MR) is 74.6 cm³/mol. The average molecular weight is 306 g/mol. The molecule has 1 aromatic carbocycles. The van der Waals surface area contributed by atoms with Gasteiger partial charge in [0.1, 0.15) is 11.8 Å². The van der Waals surface area contributed by atoms with Gasteiger partial charge < -0.3 is 4.74 Å². The van der Waals surface area contributed by atoms with Gasteiger partial charge in [-0.2, -0.15) is 5.26 Å². The van der Waals surface area contributed by atoms with Crippen LogP contribution in [-0.2, 0) is 19.4 Å². The van der Waals surface area contributed by atoms with Crippen LogP contribution < -0.4 is 5.32 Å². The second kappa shape index (κ2) is 5.97. The van der Waals surface area contributed by atoms with Gasteiger partial charge in [0, 0.05) is 6.42 Å². The van der Waals surface area contributed by atoms with E-state index in [4.69, 9.17) is 10.00 Å². The van der Waals surface area contributed by atoms with Crippen LogP contribution in [0.5, 0.6) is 0 Å². The summed E-state index contributed by atoms with van der Waals surface area (Å²) in [5.41, 5.74) is 1.25. The second-order valence-electron chi connectivity index (χ2n) is 4.64. The fraction of sp³-hybridized carbons (Fsp3) is 0.286. The number of rotatable bonds is 4. The third kappa shape index (κ3) is 3.61. The molecule has 0 spiro atoms. The number of hydrogen-bond acceptors (Lipinski definition) is 5. The first-order chi connectivity index (χ1) is 9.92. The quantitative estimate of drug-likeness (QED) is 0.896. The van der Waals surface area contributed by atoms with Gasteiger partial charge in [0.15, 0.2) is 9.84 Å². The molecule has 0 aromatic heterocycles. The summed E-state index contributed by atoms with van der Waals surface area (Å²) in [5.74, 6) is -1.36. The number of nitriles is 1. The van der Waals surface area contributed by atoms with Gasteiger partial charge in [0.05, 0.1) is 17.1 Å². The van der Waals surface area contributed by atoms with Crippen LogP contribution in [0.1, 0.15) is 12.0 Å². The van der Waals surface area contributed by atoms with Crippen LogP contribution in [0.4, 0.5) is 0 Å². The van der Waals surface area contributed by atoms with E-state index in [-0.39, 0.29) is 10.8 Å². The summed E-state index contributed by atoms with van der Waals surface area (Å²) < 4.78 is 29.3. The molecule has 0 fully saturated rings. The standard InChI is InChI=1S/C14H14N2O4S/c1-10-2-4-12(5-3-10)21(18,19)9-13(17)16-14-11(8-15)6-7-20-14/h2-5H,6-7,9H2,1H3,(H,16,17). The molecule has 0 saturated carbocycles. The maximum Gasteiger partial charge on any atom is 0.242 e. The molecule has 110 valence electrons. The van der Waals surface area contributed by atoms with Crippen LogP contribution in [0.3, 0.4) is 0 Å². The number of nitrogens with zero attached hydrogens (tertiary/aromatic N) is 1. The van der Waals surface area contributed by atoms with Crippen LogP contribution in [0.2, 0.25) is 0 Å². The highest BCUT2D eigenvalue weighted by Gasteiger charge is 2.23. The fourth-order valence-corrected chi connectivity index (χ4v) is 2.97. The number of carbonyl (C=O) groups is 1. The van der Waals surface area contributed by atoms with E-state index in [1.807, 2.05) is 13.0 Å². The van der Waals surface area contributed by atoms with Gasteiger partial charge in [0.25, 0.3) is 0 Å². The Kier molecular flexibility index (Phi) is 4.29. The lowest BCUT2D eigenvalue weighted by molar-refractivity contribution is -0.118. The largest absolute Gasteiger partial charge is 0.478 e. The molecule has 1 aliphatic rings. The molecule has 1 amide bonds. The van der Waals surface area contributed by atoms with E-state index in [1.54, 1.807) is 12.1 Å². The molecule has 2 rings (SSSR count). The molecule has 1 aliphatic heterocycles. The van der Waals surface area contributed by atoms with Crippen molar-refractivity contribution in [2.24, 2.45) is 0 Å². The molecule has 0 radical (unpaired) electrons. The molecule has 6 nitrogen and oxygen atoms in total. The number of nitrogens with one attached hydrogen (secondary N) is 1. The van der Waals surface area contributed by atoms with Crippen molar-refractivity contribution in [1.29, 1.82) is 5.26 Å². The van der Waals surface area contributed by atoms with Crippen molar-refractivity contribution in [2.45, 2.75) is 18.2 Å². The Balaban J connectivity index is 2.09. The van der Waals surface area contributed by atoms with E-state index >= 15 is 0 Å². The predicted octanol–water partition coefficient (Wildman–Crippen LogP) is 1.04. The summed E-state index contributed by atoms with van der Waals surface area (Å²) in [4.78, 5) is 11.9. The maximum atomic E-state index is 12.1. The van der Waals surface area contributed by atoms with Crippen molar-refractivity contribution in [3.8, 4) is 6.07 Å². The van der Waals surface area contributed by atoms with E-state index < -0.39 is 21.5 Å². The van der Waals surface area contributed by atoms with Gasteiger partial charge >= 0.3 is 0 Å². The van der Waals surface area contributed by atoms with Crippen LogP contribution >= 0.6 is 0 Å². The number of amides is 1. The number of hydrogen-bond donors (Lipinski definition) is 1. The Morgan fingerprint density at radius 2 is 2.05 bits per heavy atom. The third-order valence-corrected chi connectivity index (χ3v) is 4.59. The van der Waals surface area contributed by atoms with Crippen molar-refractivity contribution >= 4 is 15.7 Å². The van der Waals surface area contributed by atoms with E-state index in [2.05, 4.69) is 5.32 Å². The van der Waals surface area contributed by atoms with E-state index in [0.717, 1.165) is 5.56 Å². The number of carbonyl (C=O) groups excluding carboxylic acids is 1. The van der Waals surface area contributed by atoms with Gasteiger partial charge in [-0.15, -0.1) is 0 Å². The summed E-state index contributed by atoms with van der Waals surface area (Å²) in [7, 11) is -3.72. The highest BCUT2D eigenvalue weighted by molar-refractivity contribution is 7.92. The molecule has 1 N–H and O–H groups in total. The smallest absolute Gasteiger partial charge is 0.242 e. The molecule has 0 saturated heterocycles. The minimum Gasteiger partial charge on any atom is -0.478 e. The van der Waals surface area contributed by atoms with Gasteiger partial charge in [0.2, 0.25) is 11.8 Å². The highest BCUT2D eigenvalue weighted by Crippen LogP contribution is 2.16. The van der Waals surface area contributed by atoms with E-state index in [9.17, 15) is 13.2 Å². The minimum atomic E-state index is -3.72. The van der Waals surface area contributed by atoms with Gasteiger partial charge in [-0.25, -0.2) is 8.42 Å². The molecule has 0 aliphatic carbocycles. The van der Waals surface area contributed by atoms with E-state index in [0.29, 0.717) is 18.6 Å². The van der Waals surface area contributed by atoms with Gasteiger partial charge in [-0.05, 0) is 19.1 Å². The molecular weight excluding hydrogens is 292 g/mol. The molecule has 1 aromatic rings. The number of ether oxygens (including phenoxy) is 1. The lowest BCUT2D eigenvalue weighted by atomic mass is 10.2. The zero-order chi connectivity index (χ0) is 15.5. The number of sulfone groups is 1. The zero-order valence-corrected chi connectivity index (χ0v) is 12.2. The summed E-state index contributed by atoms with van der Waals surface area (Å²) in [5, 5.41) is 11.2. The topological polar surface area (TPSA) is 96.3 Å². The normalized spacial score (nSPS) is 14.5. The van der Waals surface area contributed by atoms with Gasteiger partial charge in [-0.1, -0.05) is 17.7 Å². The minimum absolute atomic E-state index is 0.0570. The Hall–Kier alpha value is -2.33. The molecule has 0 unspecified atom stereocenters. The summed E-state index contributed by atoms with van der Waals surface area (Å²) in [6.07, 6.45) is 0.414. The van der Waals surface area contributed by atoms with E-state index in [1.165, 1.54) is 12.1 Å². The van der Waals surface area contributed by atoms with Crippen molar-refractivity contribution in [3.63, 3.8) is 0 Å². The number of aryl methyl sites for hydroxylation is 1. The lowest BCUT2D eigenvalue weighted by Gasteiger charge is -2.08. The van der Waals surface area contributed by atoms with Crippen LogP contribution in [0, 0.1) is 18.3 Å². The molecule has 21 heavy (non-hydrogen) atoms. The molecule has 0 atom stereocenters. The zero-order valence-electron chi connectivity index (χ0n) is 11.4. The van der Waals surface area contributed by atoms with Gasteiger partial charge in [-0.3, -0.25) is 10.1 Å². The second-order valence-corrected chi connectivity index (χ2v) is 6.63. The van der Waals surface area contributed by atoms with Crippen molar-refractivity contribution in [1.82, 2.24) is 5.32 Å². The Morgan fingerprint density at radius 1 is 1.38 bits per heavy atom. The van der Waals surface area contributed by atoms with Crippen molar-refractivity contribution < 1.29 is 17.9 Å².